The number of carboxylic acids is 1. The molecule has 2 rings (SSSR count). The fraction of sp³-hybridized carbons (Fsp3) is 0.312. The summed E-state index contributed by atoms with van der Waals surface area (Å²) in [6.45, 7) is 3.94. The van der Waals surface area contributed by atoms with E-state index in [2.05, 4.69) is 26.1 Å². The zero-order valence-electron chi connectivity index (χ0n) is 13.3. The van der Waals surface area contributed by atoms with Gasteiger partial charge in [0.2, 0.25) is 0 Å². The molecule has 2 aromatic rings. The van der Waals surface area contributed by atoms with Crippen molar-refractivity contribution in [1.82, 2.24) is 10.2 Å². The predicted molar refractivity (Wildman–Crippen MR) is 95.4 cm³/mol. The summed E-state index contributed by atoms with van der Waals surface area (Å²) < 4.78 is 0.854. The molecule has 1 aromatic heterocycles. The minimum absolute atomic E-state index is 0.00583. The summed E-state index contributed by atoms with van der Waals surface area (Å²) in [5, 5.41) is 15.6. The maximum atomic E-state index is 11.8. The van der Waals surface area contributed by atoms with Crippen LogP contribution in [0.3, 0.4) is 0 Å². The van der Waals surface area contributed by atoms with Crippen molar-refractivity contribution < 1.29 is 9.90 Å². The maximum Gasteiger partial charge on any atom is 0.307 e. The van der Waals surface area contributed by atoms with Gasteiger partial charge in [-0.15, -0.1) is 0 Å². The molecule has 0 unspecified atom stereocenters. The van der Waals surface area contributed by atoms with Gasteiger partial charge in [-0.3, -0.25) is 9.59 Å². The van der Waals surface area contributed by atoms with Crippen molar-refractivity contribution in [3.05, 3.63) is 55.4 Å². The van der Waals surface area contributed by atoms with Crippen LogP contribution in [0.5, 0.6) is 0 Å². The molecule has 2 N–H and O–H groups in total. The van der Waals surface area contributed by atoms with Gasteiger partial charge in [-0.05, 0) is 29.2 Å². The Bertz CT molecular complexity index is 779. The van der Waals surface area contributed by atoms with E-state index in [-0.39, 0.29) is 17.9 Å². The van der Waals surface area contributed by atoms with Gasteiger partial charge in [0.15, 0.2) is 0 Å². The molecule has 0 amide bonds. The summed E-state index contributed by atoms with van der Waals surface area (Å²) >= 11 is 3.51. The van der Waals surface area contributed by atoms with Crippen molar-refractivity contribution in [2.24, 2.45) is 0 Å². The van der Waals surface area contributed by atoms with Gasteiger partial charge < -0.3 is 5.11 Å². The minimum atomic E-state index is -0.854. The third-order valence-corrected chi connectivity index (χ3v) is 4.41. The number of aromatic nitrogens is 2. The number of nitrogens with zero attached hydrogens (tertiary/aromatic N) is 1. The smallest absolute Gasteiger partial charge is 0.307 e. The Kier molecular flexibility index (Phi) is 5.41. The first kappa shape index (κ1) is 17.5. The predicted octanol–water partition coefficient (Wildman–Crippen LogP) is 1.13. The molecule has 0 saturated carbocycles. The second-order valence-electron chi connectivity index (χ2n) is 5.92. The molecule has 0 spiro atoms. The van der Waals surface area contributed by atoms with Crippen LogP contribution in [0, 0.1) is 0 Å². The Labute approximate surface area is 143 Å². The number of benzene rings is 1. The summed E-state index contributed by atoms with van der Waals surface area (Å²) in [6.07, 6.45) is 0.560. The average Bonchev–Trinajstić information content (AvgIpc) is 2.43. The lowest BCUT2D eigenvalue weighted by molar-refractivity contribution is -0.136. The second kappa shape index (κ2) is 7.13. The van der Waals surface area contributed by atoms with Crippen LogP contribution < -0.4 is 11.0 Å². The van der Waals surface area contributed by atoms with Gasteiger partial charge in [-0.25, -0.2) is 5.10 Å². The molecule has 0 radical (unpaired) electrons. The lowest BCUT2D eigenvalue weighted by Crippen LogP contribution is -2.19. The number of carbonyl (C=O) groups is 1. The van der Waals surface area contributed by atoms with E-state index in [0.29, 0.717) is 12.0 Å². The van der Waals surface area contributed by atoms with Gasteiger partial charge >= 0.3 is 5.97 Å². The van der Waals surface area contributed by atoms with Crippen molar-refractivity contribution in [1.29, 1.82) is 0 Å². The van der Waals surface area contributed by atoms with Gasteiger partial charge in [0, 0.05) is 16.5 Å². The zero-order chi connectivity index (χ0) is 17.1. The molecule has 0 atom stereocenters. The van der Waals surface area contributed by atoms with Crippen LogP contribution in [0.1, 0.15) is 42.1 Å². The fourth-order valence-electron chi connectivity index (χ4n) is 2.51. The molecular weight excluding hydrogens is 359 g/mol. The summed E-state index contributed by atoms with van der Waals surface area (Å²) in [6, 6.07) is 5.54. The van der Waals surface area contributed by atoms with Crippen molar-refractivity contribution >= 4 is 35.2 Å². The van der Waals surface area contributed by atoms with E-state index in [0.717, 1.165) is 26.8 Å². The van der Waals surface area contributed by atoms with Crippen molar-refractivity contribution in [3.8, 4) is 0 Å². The monoisotopic (exact) mass is 376 g/mol. The van der Waals surface area contributed by atoms with Crippen molar-refractivity contribution in [3.63, 3.8) is 0 Å². The molecule has 7 heteroatoms. The summed E-state index contributed by atoms with van der Waals surface area (Å²) in [5.41, 5.74) is 4.12. The number of hydrogen-bond donors (Lipinski definition) is 2. The van der Waals surface area contributed by atoms with E-state index in [4.69, 9.17) is 5.11 Å². The normalized spacial score (nSPS) is 11.0. The minimum Gasteiger partial charge on any atom is -0.481 e. The lowest BCUT2D eigenvalue weighted by atomic mass is 9.86. The van der Waals surface area contributed by atoms with Gasteiger partial charge in [0.1, 0.15) is 7.85 Å². The van der Waals surface area contributed by atoms with Crippen LogP contribution in [0.25, 0.3) is 0 Å². The van der Waals surface area contributed by atoms with Crippen LogP contribution in [-0.4, -0.2) is 29.1 Å². The van der Waals surface area contributed by atoms with E-state index in [9.17, 15) is 9.59 Å². The SMILES string of the molecule is Bc1cc(CC(=O)O)cc(Br)c1Cc1cc(C(C)C)c(=O)[nH]n1. The van der Waals surface area contributed by atoms with E-state index in [1.807, 2.05) is 39.9 Å². The van der Waals surface area contributed by atoms with Crippen molar-refractivity contribution in [2.45, 2.75) is 32.6 Å². The van der Waals surface area contributed by atoms with E-state index in [1.54, 1.807) is 0 Å². The molecular formula is C16H18BBrN2O3. The first-order chi connectivity index (χ1) is 10.8. The number of nitrogens with one attached hydrogen (secondary N) is 1. The summed E-state index contributed by atoms with van der Waals surface area (Å²) in [5.74, 6) is -0.726. The molecule has 0 aliphatic heterocycles. The first-order valence-electron chi connectivity index (χ1n) is 7.36. The second-order valence-corrected chi connectivity index (χ2v) is 6.77. The van der Waals surface area contributed by atoms with Gasteiger partial charge in [0.25, 0.3) is 5.56 Å². The largest absolute Gasteiger partial charge is 0.481 e. The molecule has 23 heavy (non-hydrogen) atoms. The Balaban J connectivity index is 2.35. The molecule has 0 bridgehead atoms. The molecule has 120 valence electrons. The number of halogens is 1. The first-order valence-corrected chi connectivity index (χ1v) is 8.15. The highest BCUT2D eigenvalue weighted by Gasteiger charge is 2.12. The quantitative estimate of drug-likeness (QED) is 0.766. The maximum absolute atomic E-state index is 11.8. The van der Waals surface area contributed by atoms with Crippen molar-refractivity contribution in [2.75, 3.05) is 0 Å². The molecule has 0 aliphatic carbocycles. The molecule has 0 fully saturated rings. The molecule has 0 saturated heterocycles. The summed E-state index contributed by atoms with van der Waals surface area (Å²) in [7, 11) is 1.94. The lowest BCUT2D eigenvalue weighted by Gasteiger charge is -2.12. The number of carboxylic acid groups (broad SMARTS) is 1. The standard InChI is InChI=1S/C16H18BBrN2O3/c1-8(2)11-6-10(19-20-16(11)23)7-12-13(17)3-9(4-14(12)18)5-15(21)22/h3-4,6,8H,5,7,17H2,1-2H3,(H,20,23)(H,21,22). The number of aliphatic carboxylic acids is 1. The number of aromatic amines is 1. The molecule has 1 aromatic carbocycles. The number of rotatable bonds is 5. The van der Waals surface area contributed by atoms with E-state index >= 15 is 0 Å². The van der Waals surface area contributed by atoms with Crippen LogP contribution in [0.15, 0.2) is 27.5 Å². The topological polar surface area (TPSA) is 83.0 Å². The molecule has 1 heterocycles. The third kappa shape index (κ3) is 4.31. The third-order valence-electron chi connectivity index (χ3n) is 3.70. The van der Waals surface area contributed by atoms with Crippen LogP contribution in [0.4, 0.5) is 0 Å². The number of hydrogen-bond acceptors (Lipinski definition) is 3. The molecule has 5 nitrogen and oxygen atoms in total. The van der Waals surface area contributed by atoms with Crippen LogP contribution in [-0.2, 0) is 17.6 Å². The van der Waals surface area contributed by atoms with Gasteiger partial charge in [-0.2, -0.15) is 5.10 Å². The van der Waals surface area contributed by atoms with Crippen LogP contribution >= 0.6 is 15.9 Å². The zero-order valence-corrected chi connectivity index (χ0v) is 14.9. The van der Waals surface area contributed by atoms with Gasteiger partial charge in [0.05, 0.1) is 12.1 Å². The van der Waals surface area contributed by atoms with E-state index < -0.39 is 5.97 Å². The molecule has 0 aliphatic rings. The van der Waals surface area contributed by atoms with Crippen LogP contribution in [0.2, 0.25) is 0 Å². The Morgan fingerprint density at radius 2 is 2.09 bits per heavy atom. The fourth-order valence-corrected chi connectivity index (χ4v) is 3.26. The highest BCUT2D eigenvalue weighted by molar-refractivity contribution is 9.10. The Morgan fingerprint density at radius 3 is 2.65 bits per heavy atom. The summed E-state index contributed by atoms with van der Waals surface area (Å²) in [4.78, 5) is 22.6. The highest BCUT2D eigenvalue weighted by atomic mass is 79.9. The Morgan fingerprint density at radius 1 is 1.39 bits per heavy atom. The highest BCUT2D eigenvalue weighted by Crippen LogP contribution is 2.20. The van der Waals surface area contributed by atoms with Gasteiger partial charge in [-0.1, -0.05) is 41.3 Å². The van der Waals surface area contributed by atoms with E-state index in [1.165, 1.54) is 0 Å². The number of H-pyrrole nitrogens is 1. The Hall–Kier alpha value is -1.89. The average molecular weight is 377 g/mol.